The van der Waals surface area contributed by atoms with E-state index in [0.29, 0.717) is 18.2 Å². The minimum absolute atomic E-state index is 0.0828. The fourth-order valence-corrected chi connectivity index (χ4v) is 3.01. The largest absolute Gasteiger partial charge is 0.471 e. The van der Waals surface area contributed by atoms with Gasteiger partial charge in [-0.2, -0.15) is 13.2 Å². The highest BCUT2D eigenvalue weighted by Gasteiger charge is 2.43. The number of carbonyl (C=O) groups is 2. The fraction of sp³-hybridized carbons (Fsp3) is 0.444. The first-order valence-electron chi connectivity index (χ1n) is 8.86. The summed E-state index contributed by atoms with van der Waals surface area (Å²) in [6.07, 6.45) is -4.13. The molecule has 1 fully saturated rings. The molecule has 1 aromatic carbocycles. The van der Waals surface area contributed by atoms with Crippen molar-refractivity contribution in [1.82, 2.24) is 20.4 Å². The second-order valence-electron chi connectivity index (χ2n) is 6.47. The normalized spacial score (nSPS) is 15.5. The number of alkyl halides is 3. The predicted molar refractivity (Wildman–Crippen MR) is 91.8 cm³/mol. The Hall–Kier alpha value is -2.91. The molecule has 1 saturated heterocycles. The van der Waals surface area contributed by atoms with Crippen LogP contribution in [0.15, 0.2) is 34.7 Å². The van der Waals surface area contributed by atoms with Crippen molar-refractivity contribution in [2.45, 2.75) is 25.4 Å². The molecular weight excluding hydrogens is 377 g/mol. The Morgan fingerprint density at radius 2 is 1.82 bits per heavy atom. The summed E-state index contributed by atoms with van der Waals surface area (Å²) in [7, 11) is 0. The van der Waals surface area contributed by atoms with Gasteiger partial charge in [0, 0.05) is 37.5 Å². The summed E-state index contributed by atoms with van der Waals surface area (Å²) in [4.78, 5) is 24.1. The third-order valence-corrected chi connectivity index (χ3v) is 4.52. The lowest BCUT2D eigenvalue weighted by Gasteiger charge is -2.31. The highest BCUT2D eigenvalue weighted by Crippen LogP contribution is 2.24. The van der Waals surface area contributed by atoms with Gasteiger partial charge in [-0.15, -0.1) is 10.2 Å². The number of hydrogen-bond donors (Lipinski definition) is 1. The third kappa shape index (κ3) is 4.87. The maximum absolute atomic E-state index is 12.4. The van der Waals surface area contributed by atoms with Crippen molar-refractivity contribution >= 4 is 11.8 Å². The van der Waals surface area contributed by atoms with Crippen LogP contribution < -0.4 is 5.32 Å². The molecule has 0 atom stereocenters. The molecule has 2 heterocycles. The van der Waals surface area contributed by atoms with Crippen LogP contribution in [-0.2, 0) is 16.0 Å². The number of piperidine rings is 1. The van der Waals surface area contributed by atoms with E-state index in [4.69, 9.17) is 4.42 Å². The number of benzene rings is 1. The van der Waals surface area contributed by atoms with E-state index in [1.807, 2.05) is 30.3 Å². The molecule has 0 bridgehead atoms. The molecule has 1 aromatic heterocycles. The predicted octanol–water partition coefficient (Wildman–Crippen LogP) is 2.20. The van der Waals surface area contributed by atoms with E-state index in [0.717, 1.165) is 10.5 Å². The summed E-state index contributed by atoms with van der Waals surface area (Å²) in [5.74, 6) is -1.74. The van der Waals surface area contributed by atoms with Crippen LogP contribution in [0.2, 0.25) is 0 Å². The summed E-state index contributed by atoms with van der Waals surface area (Å²) >= 11 is 0. The van der Waals surface area contributed by atoms with Crippen molar-refractivity contribution in [3.63, 3.8) is 0 Å². The number of halogens is 3. The number of amides is 2. The Morgan fingerprint density at radius 3 is 2.46 bits per heavy atom. The summed E-state index contributed by atoms with van der Waals surface area (Å²) < 4.78 is 42.9. The Bertz CT molecular complexity index is 815. The SMILES string of the molecule is O=C(NCCc1nnc(-c2ccccc2)o1)C1CCN(C(=O)C(F)(F)F)CC1. The fourth-order valence-electron chi connectivity index (χ4n) is 3.01. The summed E-state index contributed by atoms with van der Waals surface area (Å²) in [5, 5.41) is 10.6. The topological polar surface area (TPSA) is 88.3 Å². The van der Waals surface area contributed by atoms with Gasteiger partial charge in [0.1, 0.15) is 0 Å². The molecule has 2 amide bonds. The average Bonchev–Trinajstić information content (AvgIpc) is 3.16. The lowest BCUT2D eigenvalue weighted by atomic mass is 9.96. The molecule has 10 heteroatoms. The molecule has 0 aliphatic carbocycles. The van der Waals surface area contributed by atoms with E-state index in [1.54, 1.807) is 0 Å². The van der Waals surface area contributed by atoms with Gasteiger partial charge in [-0.25, -0.2) is 0 Å². The molecule has 1 aliphatic rings. The number of aromatic nitrogens is 2. The van der Waals surface area contributed by atoms with E-state index < -0.39 is 18.0 Å². The zero-order valence-corrected chi connectivity index (χ0v) is 14.9. The molecule has 0 unspecified atom stereocenters. The van der Waals surface area contributed by atoms with Crippen molar-refractivity contribution in [2.75, 3.05) is 19.6 Å². The monoisotopic (exact) mass is 396 g/mol. The molecule has 7 nitrogen and oxygen atoms in total. The maximum atomic E-state index is 12.4. The number of nitrogens with one attached hydrogen (secondary N) is 1. The standard InChI is InChI=1S/C18H19F3N4O3/c19-18(20,21)17(27)25-10-7-12(8-11-25)15(26)22-9-6-14-23-24-16(28-14)13-4-2-1-3-5-13/h1-5,12H,6-11H2,(H,22,26). The summed E-state index contributed by atoms with van der Waals surface area (Å²) in [5.41, 5.74) is 0.797. The molecule has 28 heavy (non-hydrogen) atoms. The van der Waals surface area contributed by atoms with Gasteiger partial charge < -0.3 is 14.6 Å². The number of hydrogen-bond acceptors (Lipinski definition) is 5. The minimum Gasteiger partial charge on any atom is -0.421 e. The van der Waals surface area contributed by atoms with Crippen LogP contribution in [0.1, 0.15) is 18.7 Å². The maximum Gasteiger partial charge on any atom is 0.471 e. The van der Waals surface area contributed by atoms with Gasteiger partial charge in [-0.3, -0.25) is 9.59 Å². The Labute approximate surface area is 158 Å². The zero-order valence-electron chi connectivity index (χ0n) is 14.9. The van der Waals surface area contributed by atoms with Crippen molar-refractivity contribution in [1.29, 1.82) is 0 Å². The second-order valence-corrected chi connectivity index (χ2v) is 6.47. The van der Waals surface area contributed by atoms with Gasteiger partial charge in [0.05, 0.1) is 0 Å². The van der Waals surface area contributed by atoms with E-state index in [9.17, 15) is 22.8 Å². The third-order valence-electron chi connectivity index (χ3n) is 4.52. The lowest BCUT2D eigenvalue weighted by molar-refractivity contribution is -0.186. The first kappa shape index (κ1) is 19.8. The van der Waals surface area contributed by atoms with Crippen LogP contribution in [0.5, 0.6) is 0 Å². The number of nitrogens with zero attached hydrogens (tertiary/aromatic N) is 3. The molecular formula is C18H19F3N4O3. The second kappa shape index (κ2) is 8.41. The van der Waals surface area contributed by atoms with E-state index in [2.05, 4.69) is 15.5 Å². The Balaban J connectivity index is 1.42. The van der Waals surface area contributed by atoms with Crippen LogP contribution in [-0.4, -0.2) is 52.7 Å². The first-order valence-corrected chi connectivity index (χ1v) is 8.86. The average molecular weight is 396 g/mol. The summed E-state index contributed by atoms with van der Waals surface area (Å²) in [6, 6.07) is 9.27. The highest BCUT2D eigenvalue weighted by atomic mass is 19.4. The van der Waals surface area contributed by atoms with Crippen LogP contribution in [0, 0.1) is 5.92 Å². The Morgan fingerprint density at radius 1 is 1.14 bits per heavy atom. The molecule has 1 N–H and O–H groups in total. The van der Waals surface area contributed by atoms with Crippen LogP contribution >= 0.6 is 0 Å². The van der Waals surface area contributed by atoms with E-state index >= 15 is 0 Å². The quantitative estimate of drug-likeness (QED) is 0.837. The number of likely N-dealkylation sites (tertiary alicyclic amines) is 1. The van der Waals surface area contributed by atoms with Crippen LogP contribution in [0.25, 0.3) is 11.5 Å². The van der Waals surface area contributed by atoms with Crippen molar-refractivity contribution in [3.8, 4) is 11.5 Å². The molecule has 150 valence electrons. The minimum atomic E-state index is -4.88. The van der Waals surface area contributed by atoms with E-state index in [-0.39, 0.29) is 38.4 Å². The van der Waals surface area contributed by atoms with Crippen molar-refractivity contribution in [3.05, 3.63) is 36.2 Å². The number of carbonyl (C=O) groups excluding carboxylic acids is 2. The smallest absolute Gasteiger partial charge is 0.421 e. The lowest BCUT2D eigenvalue weighted by Crippen LogP contribution is -2.47. The van der Waals surface area contributed by atoms with Crippen molar-refractivity contribution < 1.29 is 27.2 Å². The summed E-state index contributed by atoms with van der Waals surface area (Å²) in [6.45, 7) is 0.109. The molecule has 0 spiro atoms. The van der Waals surface area contributed by atoms with Gasteiger partial charge in [-0.1, -0.05) is 18.2 Å². The highest BCUT2D eigenvalue weighted by molar-refractivity contribution is 5.83. The molecule has 1 aliphatic heterocycles. The zero-order chi connectivity index (χ0) is 20.1. The first-order chi connectivity index (χ1) is 13.3. The molecule has 0 saturated carbocycles. The molecule has 0 radical (unpaired) electrons. The van der Waals surface area contributed by atoms with Gasteiger partial charge in [-0.05, 0) is 25.0 Å². The van der Waals surface area contributed by atoms with E-state index in [1.165, 1.54) is 0 Å². The van der Waals surface area contributed by atoms with Gasteiger partial charge in [0.2, 0.25) is 17.7 Å². The Kier molecular flexibility index (Phi) is 5.96. The van der Waals surface area contributed by atoms with Gasteiger partial charge in [0.15, 0.2) is 0 Å². The van der Waals surface area contributed by atoms with Crippen molar-refractivity contribution in [2.24, 2.45) is 5.92 Å². The number of rotatable bonds is 5. The van der Waals surface area contributed by atoms with Gasteiger partial charge in [0.25, 0.3) is 0 Å². The molecule has 2 aromatic rings. The van der Waals surface area contributed by atoms with Crippen LogP contribution in [0.4, 0.5) is 13.2 Å². The molecule has 3 rings (SSSR count). The van der Waals surface area contributed by atoms with Crippen LogP contribution in [0.3, 0.4) is 0 Å². The van der Waals surface area contributed by atoms with Gasteiger partial charge >= 0.3 is 12.1 Å².